The summed E-state index contributed by atoms with van der Waals surface area (Å²) < 4.78 is 0. The van der Waals surface area contributed by atoms with E-state index in [1.54, 1.807) is 0 Å². The van der Waals surface area contributed by atoms with Crippen molar-refractivity contribution in [3.63, 3.8) is 0 Å². The van der Waals surface area contributed by atoms with Crippen LogP contribution in [0, 0.1) is 11.3 Å². The van der Waals surface area contributed by atoms with Crippen molar-refractivity contribution >= 4 is 24.0 Å². The van der Waals surface area contributed by atoms with Gasteiger partial charge in [0.2, 0.25) is 5.91 Å². The van der Waals surface area contributed by atoms with E-state index in [1.807, 2.05) is 24.3 Å². The highest BCUT2D eigenvalue weighted by Gasteiger charge is 2.49. The first kappa shape index (κ1) is 18.4. The molecule has 0 bridgehead atoms. The van der Waals surface area contributed by atoms with Crippen LogP contribution in [0.1, 0.15) is 50.3 Å². The zero-order chi connectivity index (χ0) is 17.6. The number of hydrogen-bond acceptors (Lipinski definition) is 4. The van der Waals surface area contributed by atoms with Crippen molar-refractivity contribution in [1.82, 2.24) is 20.5 Å². The minimum absolute atomic E-state index is 0. The number of amides is 1. The number of anilines is 1. The molecule has 2 saturated carbocycles. The number of nitrogens with one attached hydrogen (secondary N) is 3. The van der Waals surface area contributed by atoms with Gasteiger partial charge < -0.3 is 10.6 Å². The van der Waals surface area contributed by atoms with Gasteiger partial charge >= 0.3 is 0 Å². The molecule has 27 heavy (non-hydrogen) atoms. The van der Waals surface area contributed by atoms with E-state index in [9.17, 15) is 4.79 Å². The highest BCUT2D eigenvalue weighted by molar-refractivity contribution is 5.96. The molecular formula is C20H26ClN5O. The van der Waals surface area contributed by atoms with E-state index in [2.05, 4.69) is 25.8 Å². The van der Waals surface area contributed by atoms with E-state index in [0.29, 0.717) is 11.8 Å². The second-order valence-electron chi connectivity index (χ2n) is 8.08. The lowest BCUT2D eigenvalue weighted by Crippen LogP contribution is -2.44. The van der Waals surface area contributed by atoms with E-state index in [-0.39, 0.29) is 23.7 Å². The minimum Gasteiger partial charge on any atom is -0.326 e. The third kappa shape index (κ3) is 3.36. The number of benzene rings is 1. The molecule has 2 atom stereocenters. The van der Waals surface area contributed by atoms with Crippen LogP contribution in [0.4, 0.5) is 5.69 Å². The smallest absolute Gasteiger partial charge is 0.232 e. The van der Waals surface area contributed by atoms with Gasteiger partial charge in [0.05, 0.1) is 5.41 Å². The molecule has 5 rings (SSSR count). The Kier molecular flexibility index (Phi) is 4.95. The van der Waals surface area contributed by atoms with E-state index in [4.69, 9.17) is 0 Å². The Morgan fingerprint density at radius 3 is 2.74 bits per heavy atom. The fraction of sp³-hybridized carbons (Fsp3) is 0.550. The first-order valence-electron chi connectivity index (χ1n) is 9.79. The zero-order valence-corrected chi connectivity index (χ0v) is 16.1. The molecule has 3 aliphatic rings. The number of rotatable bonds is 4. The summed E-state index contributed by atoms with van der Waals surface area (Å²) in [5.74, 6) is 2.94. The van der Waals surface area contributed by atoms with Gasteiger partial charge in [0.15, 0.2) is 5.82 Å². The molecule has 1 aromatic carbocycles. The normalized spacial score (nSPS) is 26.9. The predicted octanol–water partition coefficient (Wildman–Crippen LogP) is 3.49. The molecule has 3 fully saturated rings. The average molecular weight is 388 g/mol. The number of fused-ring (bicyclic) bond motifs is 1. The van der Waals surface area contributed by atoms with Crippen LogP contribution in [-0.2, 0) is 4.79 Å². The SMILES string of the molecule is Cl.O=C(Nc1ccc(-c2n[nH]c(C3CC3)n2)cc1)[C@@]12CCCC[C@H]1CNC2. The van der Waals surface area contributed by atoms with Crippen LogP contribution >= 0.6 is 12.4 Å². The monoisotopic (exact) mass is 387 g/mol. The summed E-state index contributed by atoms with van der Waals surface area (Å²) in [5, 5.41) is 14.0. The van der Waals surface area contributed by atoms with E-state index >= 15 is 0 Å². The number of nitrogens with zero attached hydrogens (tertiary/aromatic N) is 2. The number of carbonyl (C=O) groups is 1. The largest absolute Gasteiger partial charge is 0.326 e. The molecule has 2 aromatic rings. The van der Waals surface area contributed by atoms with Crippen molar-refractivity contribution in [2.24, 2.45) is 11.3 Å². The molecule has 1 aliphatic heterocycles. The molecule has 1 saturated heterocycles. The van der Waals surface area contributed by atoms with Gasteiger partial charge in [0.25, 0.3) is 0 Å². The Labute approximate surface area is 165 Å². The highest BCUT2D eigenvalue weighted by atomic mass is 35.5. The van der Waals surface area contributed by atoms with Crippen LogP contribution in [0.15, 0.2) is 24.3 Å². The Morgan fingerprint density at radius 2 is 1.96 bits per heavy atom. The summed E-state index contributed by atoms with van der Waals surface area (Å²) >= 11 is 0. The molecule has 144 valence electrons. The van der Waals surface area contributed by atoms with Crippen molar-refractivity contribution in [1.29, 1.82) is 0 Å². The van der Waals surface area contributed by atoms with Crippen LogP contribution in [0.25, 0.3) is 11.4 Å². The molecule has 0 spiro atoms. The molecule has 1 aromatic heterocycles. The molecule has 1 amide bonds. The standard InChI is InChI=1S/C20H25N5O.ClH/c26-19(20-10-2-1-3-15(20)11-21-12-20)22-16-8-6-14(7-9-16)18-23-17(24-25-18)13-4-5-13;/h6-9,13,15,21H,1-5,10-12H2,(H,22,26)(H,23,24,25);1H/t15-,20+;/m0./s1. The van der Waals surface area contributed by atoms with Crippen LogP contribution in [0.2, 0.25) is 0 Å². The first-order chi connectivity index (χ1) is 12.7. The Balaban J connectivity index is 0.00000180. The lowest BCUT2D eigenvalue weighted by atomic mass is 9.67. The van der Waals surface area contributed by atoms with Crippen LogP contribution < -0.4 is 10.6 Å². The van der Waals surface area contributed by atoms with Crippen molar-refractivity contribution in [2.45, 2.75) is 44.4 Å². The maximum atomic E-state index is 13.0. The van der Waals surface area contributed by atoms with Crippen molar-refractivity contribution < 1.29 is 4.79 Å². The molecule has 0 unspecified atom stereocenters. The molecular weight excluding hydrogens is 362 g/mol. The summed E-state index contributed by atoms with van der Waals surface area (Å²) in [6, 6.07) is 7.88. The lowest BCUT2D eigenvalue weighted by Gasteiger charge is -2.37. The summed E-state index contributed by atoms with van der Waals surface area (Å²) in [6.45, 7) is 1.78. The van der Waals surface area contributed by atoms with Crippen LogP contribution in [-0.4, -0.2) is 34.2 Å². The van der Waals surface area contributed by atoms with Gasteiger partial charge in [-0.15, -0.1) is 12.4 Å². The quantitative estimate of drug-likeness (QED) is 0.749. The van der Waals surface area contributed by atoms with Crippen molar-refractivity contribution in [3.8, 4) is 11.4 Å². The van der Waals surface area contributed by atoms with Crippen LogP contribution in [0.5, 0.6) is 0 Å². The highest BCUT2D eigenvalue weighted by Crippen LogP contribution is 2.44. The number of aromatic nitrogens is 3. The zero-order valence-electron chi connectivity index (χ0n) is 15.3. The molecule has 2 heterocycles. The first-order valence-corrected chi connectivity index (χ1v) is 9.79. The summed E-state index contributed by atoms with van der Waals surface area (Å²) in [6.07, 6.45) is 6.96. The van der Waals surface area contributed by atoms with Gasteiger partial charge in [0, 0.05) is 23.7 Å². The summed E-state index contributed by atoms with van der Waals surface area (Å²) in [5.41, 5.74) is 1.60. The molecule has 6 nitrogen and oxygen atoms in total. The van der Waals surface area contributed by atoms with Gasteiger partial charge in [0.1, 0.15) is 5.82 Å². The fourth-order valence-electron chi connectivity index (χ4n) is 4.59. The van der Waals surface area contributed by atoms with E-state index in [0.717, 1.165) is 55.3 Å². The number of aromatic amines is 1. The Bertz CT molecular complexity index is 816. The van der Waals surface area contributed by atoms with Crippen LogP contribution in [0.3, 0.4) is 0 Å². The lowest BCUT2D eigenvalue weighted by molar-refractivity contribution is -0.128. The maximum absolute atomic E-state index is 13.0. The fourth-order valence-corrected chi connectivity index (χ4v) is 4.59. The molecule has 3 N–H and O–H groups in total. The average Bonchev–Trinajstić information content (AvgIpc) is 3.23. The topological polar surface area (TPSA) is 82.7 Å². The second-order valence-corrected chi connectivity index (χ2v) is 8.08. The number of carbonyl (C=O) groups excluding carboxylic acids is 1. The molecule has 0 radical (unpaired) electrons. The summed E-state index contributed by atoms with van der Waals surface area (Å²) in [7, 11) is 0. The number of H-pyrrole nitrogens is 1. The van der Waals surface area contributed by atoms with E-state index < -0.39 is 0 Å². The predicted molar refractivity (Wildman–Crippen MR) is 107 cm³/mol. The van der Waals surface area contributed by atoms with Crippen molar-refractivity contribution in [2.75, 3.05) is 18.4 Å². The van der Waals surface area contributed by atoms with Gasteiger partial charge in [-0.3, -0.25) is 9.89 Å². The van der Waals surface area contributed by atoms with Gasteiger partial charge in [-0.2, -0.15) is 5.10 Å². The second kappa shape index (κ2) is 7.24. The van der Waals surface area contributed by atoms with Gasteiger partial charge in [-0.1, -0.05) is 12.8 Å². The third-order valence-corrected chi connectivity index (χ3v) is 6.36. The summed E-state index contributed by atoms with van der Waals surface area (Å²) in [4.78, 5) is 17.6. The number of halogens is 1. The van der Waals surface area contributed by atoms with Gasteiger partial charge in [-0.25, -0.2) is 4.98 Å². The number of hydrogen-bond donors (Lipinski definition) is 3. The minimum atomic E-state index is -0.222. The molecule has 2 aliphatic carbocycles. The maximum Gasteiger partial charge on any atom is 0.232 e. The Morgan fingerprint density at radius 1 is 1.15 bits per heavy atom. The third-order valence-electron chi connectivity index (χ3n) is 6.36. The van der Waals surface area contributed by atoms with Crippen molar-refractivity contribution in [3.05, 3.63) is 30.1 Å². The molecule has 7 heteroatoms. The Hall–Kier alpha value is -1.92. The van der Waals surface area contributed by atoms with E-state index in [1.165, 1.54) is 19.3 Å². The van der Waals surface area contributed by atoms with Gasteiger partial charge in [-0.05, 0) is 62.4 Å².